The molecule has 0 aliphatic heterocycles. The maximum atomic E-state index is 13.6. The number of nitrogens with zero attached hydrogens (tertiary/aromatic N) is 1. The molecular weight excluding hydrogens is 364 g/mol. The second kappa shape index (κ2) is 7.83. The largest absolute Gasteiger partial charge is 0.618 e. The molecule has 150 valence electrons. The Balaban J connectivity index is 1.71. The van der Waals surface area contributed by atoms with Crippen LogP contribution < -0.4 is 15.8 Å². The molecule has 2 aromatic rings. The molecule has 3 rings (SSSR count). The molecule has 1 amide bonds. The van der Waals surface area contributed by atoms with E-state index in [4.69, 9.17) is 5.73 Å². The van der Waals surface area contributed by atoms with Crippen LogP contribution in [-0.2, 0) is 4.79 Å². The van der Waals surface area contributed by atoms with Crippen molar-refractivity contribution in [2.24, 2.45) is 11.7 Å². The second-order valence-corrected chi connectivity index (χ2v) is 7.59. The van der Waals surface area contributed by atoms with E-state index >= 15 is 0 Å². The predicted octanol–water partition coefficient (Wildman–Crippen LogP) is 3.70. The lowest BCUT2D eigenvalue weighted by Gasteiger charge is -2.31. The number of hydrogen-bond acceptors (Lipinski definition) is 3. The quantitative estimate of drug-likeness (QED) is 0.618. The molecular formula is C21H25F2N3O2. The topological polar surface area (TPSA) is 82.1 Å². The van der Waals surface area contributed by atoms with E-state index in [0.29, 0.717) is 24.2 Å². The molecule has 2 atom stereocenters. The van der Waals surface area contributed by atoms with Crippen LogP contribution in [0.15, 0.2) is 36.5 Å². The molecule has 28 heavy (non-hydrogen) atoms. The summed E-state index contributed by atoms with van der Waals surface area (Å²) in [5, 5.41) is 14.6. The Bertz CT molecular complexity index is 869. The lowest BCUT2D eigenvalue weighted by molar-refractivity contribution is -0.611. The van der Waals surface area contributed by atoms with Crippen LogP contribution in [0.1, 0.15) is 36.9 Å². The summed E-state index contributed by atoms with van der Waals surface area (Å²) in [6.45, 7) is 3.68. The van der Waals surface area contributed by atoms with E-state index in [1.165, 1.54) is 6.20 Å². The molecule has 5 nitrogen and oxygen atoms in total. The number of rotatable bonds is 4. The fraction of sp³-hybridized carbons (Fsp3) is 0.429. The van der Waals surface area contributed by atoms with Crippen LogP contribution in [-0.4, -0.2) is 17.9 Å². The number of anilines is 1. The average Bonchev–Trinajstić information content (AvgIpc) is 2.65. The van der Waals surface area contributed by atoms with Gasteiger partial charge in [-0.05, 0) is 48.9 Å². The van der Waals surface area contributed by atoms with E-state index in [1.807, 2.05) is 19.1 Å². The van der Waals surface area contributed by atoms with Gasteiger partial charge in [-0.3, -0.25) is 4.79 Å². The van der Waals surface area contributed by atoms with Gasteiger partial charge in [0, 0.05) is 31.5 Å². The van der Waals surface area contributed by atoms with E-state index in [0.717, 1.165) is 21.4 Å². The smallest absolute Gasteiger partial charge is 0.248 e. The number of nitrogens with one attached hydrogen (secondary N) is 1. The first-order valence-corrected chi connectivity index (χ1v) is 9.42. The molecule has 1 heterocycles. The summed E-state index contributed by atoms with van der Waals surface area (Å²) in [7, 11) is 0. The van der Waals surface area contributed by atoms with Gasteiger partial charge in [-0.15, -0.1) is 0 Å². The number of nitrogens with two attached hydrogens (primary N) is 1. The molecule has 1 saturated carbocycles. The van der Waals surface area contributed by atoms with Crippen LogP contribution in [0, 0.1) is 25.0 Å². The van der Waals surface area contributed by atoms with Gasteiger partial charge in [-0.2, -0.15) is 4.73 Å². The zero-order chi connectivity index (χ0) is 20.5. The number of benzene rings is 1. The normalized spacial score (nSPS) is 19.8. The van der Waals surface area contributed by atoms with Crippen LogP contribution in [0.2, 0.25) is 0 Å². The van der Waals surface area contributed by atoms with E-state index in [-0.39, 0.29) is 12.8 Å². The SMILES string of the molecule is Cc1cc[n+]([O-])c(C)c1-c1ccc(NC(=O)[C@@H](N)[C@H]2CCCC(F)(F)C2)cc1. The van der Waals surface area contributed by atoms with E-state index < -0.39 is 23.8 Å². The Morgan fingerprint density at radius 1 is 1.29 bits per heavy atom. The number of halogens is 2. The van der Waals surface area contributed by atoms with Crippen molar-refractivity contribution in [2.75, 3.05) is 5.32 Å². The number of hydrogen-bond donors (Lipinski definition) is 2. The van der Waals surface area contributed by atoms with Gasteiger partial charge in [0.25, 0.3) is 0 Å². The highest BCUT2D eigenvalue weighted by atomic mass is 19.3. The minimum absolute atomic E-state index is 0.138. The molecule has 0 bridgehead atoms. The van der Waals surface area contributed by atoms with Crippen LogP contribution in [0.3, 0.4) is 0 Å². The first-order valence-electron chi connectivity index (χ1n) is 9.42. The minimum atomic E-state index is -2.74. The summed E-state index contributed by atoms with van der Waals surface area (Å²) in [5.74, 6) is -3.73. The van der Waals surface area contributed by atoms with Crippen LogP contribution in [0.4, 0.5) is 14.5 Å². The third kappa shape index (κ3) is 4.30. The van der Waals surface area contributed by atoms with Crippen molar-refractivity contribution in [3.05, 3.63) is 53.0 Å². The first kappa shape index (κ1) is 20.2. The highest BCUT2D eigenvalue weighted by molar-refractivity contribution is 5.95. The molecule has 0 saturated heterocycles. The summed E-state index contributed by atoms with van der Waals surface area (Å²) in [5.41, 5.74) is 9.76. The molecule has 1 aromatic heterocycles. The lowest BCUT2D eigenvalue weighted by Crippen LogP contribution is -2.45. The number of carbonyl (C=O) groups excluding carboxylic acids is 1. The van der Waals surface area contributed by atoms with Crippen molar-refractivity contribution in [3.63, 3.8) is 0 Å². The summed E-state index contributed by atoms with van der Waals surface area (Å²) in [6.07, 6.45) is 1.90. The monoisotopic (exact) mass is 389 g/mol. The summed E-state index contributed by atoms with van der Waals surface area (Å²) in [4.78, 5) is 12.4. The molecule has 0 unspecified atom stereocenters. The molecule has 1 aliphatic carbocycles. The predicted molar refractivity (Wildman–Crippen MR) is 104 cm³/mol. The lowest BCUT2D eigenvalue weighted by atomic mass is 9.82. The minimum Gasteiger partial charge on any atom is -0.618 e. The third-order valence-electron chi connectivity index (χ3n) is 5.48. The molecule has 7 heteroatoms. The molecule has 0 radical (unpaired) electrons. The molecule has 1 aromatic carbocycles. The van der Waals surface area contributed by atoms with Crippen molar-refractivity contribution in [1.29, 1.82) is 0 Å². The van der Waals surface area contributed by atoms with Crippen molar-refractivity contribution in [3.8, 4) is 11.1 Å². The van der Waals surface area contributed by atoms with Crippen LogP contribution in [0.5, 0.6) is 0 Å². The van der Waals surface area contributed by atoms with Crippen molar-refractivity contribution in [2.45, 2.75) is 51.5 Å². The van der Waals surface area contributed by atoms with Gasteiger partial charge in [0.1, 0.15) is 0 Å². The molecule has 0 spiro atoms. The number of pyridine rings is 1. The van der Waals surface area contributed by atoms with Gasteiger partial charge in [0.05, 0.1) is 11.6 Å². The fourth-order valence-corrected chi connectivity index (χ4v) is 3.88. The van der Waals surface area contributed by atoms with Crippen LogP contribution in [0.25, 0.3) is 11.1 Å². The maximum Gasteiger partial charge on any atom is 0.248 e. The van der Waals surface area contributed by atoms with E-state index in [9.17, 15) is 18.8 Å². The van der Waals surface area contributed by atoms with Gasteiger partial charge in [-0.1, -0.05) is 12.1 Å². The van der Waals surface area contributed by atoms with E-state index in [1.54, 1.807) is 25.1 Å². The van der Waals surface area contributed by atoms with Gasteiger partial charge >= 0.3 is 0 Å². The highest BCUT2D eigenvalue weighted by Gasteiger charge is 2.40. The summed E-state index contributed by atoms with van der Waals surface area (Å²) in [6, 6.07) is 7.84. The van der Waals surface area contributed by atoms with Gasteiger partial charge in [0.15, 0.2) is 11.9 Å². The van der Waals surface area contributed by atoms with Crippen molar-refractivity contribution < 1.29 is 18.3 Å². The van der Waals surface area contributed by atoms with Crippen molar-refractivity contribution in [1.82, 2.24) is 0 Å². The fourth-order valence-electron chi connectivity index (χ4n) is 3.88. The Kier molecular flexibility index (Phi) is 5.65. The van der Waals surface area contributed by atoms with E-state index in [2.05, 4.69) is 5.32 Å². The number of aryl methyl sites for hydroxylation is 1. The van der Waals surface area contributed by atoms with Gasteiger partial charge in [0.2, 0.25) is 11.8 Å². The van der Waals surface area contributed by atoms with Gasteiger partial charge < -0.3 is 16.3 Å². The standard InChI is InChI=1S/C21H25F2N3O2/c1-13-9-11-26(28)14(2)18(13)15-5-7-17(8-6-15)25-20(27)19(24)16-4-3-10-21(22,23)12-16/h5-9,11,16,19H,3-4,10,12,24H2,1-2H3,(H,25,27)/t16-,19-/m0/s1. The molecule has 1 fully saturated rings. The molecule has 1 aliphatic rings. The number of alkyl halides is 2. The zero-order valence-electron chi connectivity index (χ0n) is 16.0. The average molecular weight is 389 g/mol. The van der Waals surface area contributed by atoms with Gasteiger partial charge in [-0.25, -0.2) is 8.78 Å². The Morgan fingerprint density at radius 2 is 1.96 bits per heavy atom. The number of aromatic nitrogens is 1. The number of amides is 1. The maximum absolute atomic E-state index is 13.6. The summed E-state index contributed by atoms with van der Waals surface area (Å²) >= 11 is 0. The molecule has 3 N–H and O–H groups in total. The zero-order valence-corrected chi connectivity index (χ0v) is 16.0. The Labute approximate surface area is 163 Å². The summed E-state index contributed by atoms with van der Waals surface area (Å²) < 4.78 is 28.0. The van der Waals surface area contributed by atoms with Crippen molar-refractivity contribution >= 4 is 11.6 Å². The Morgan fingerprint density at radius 3 is 2.61 bits per heavy atom. The Hall–Kier alpha value is -2.54. The van der Waals surface area contributed by atoms with Crippen LogP contribution >= 0.6 is 0 Å². The number of carbonyl (C=O) groups is 1. The second-order valence-electron chi connectivity index (χ2n) is 7.59. The third-order valence-corrected chi connectivity index (χ3v) is 5.48. The first-order chi connectivity index (χ1) is 13.2. The highest BCUT2D eigenvalue weighted by Crippen LogP contribution is 2.38.